The molecule has 2 aromatic heterocycles. The molecule has 1 amide bonds. The number of benzene rings is 2. The molecule has 4 aromatic rings. The van der Waals surface area contributed by atoms with Gasteiger partial charge in [0.05, 0.1) is 40.9 Å². The SMILES string of the molecule is CCC(c1nc2ccccc2c(=O)n1C)N(Cc1ccco1)C(=O)c1cc(C(F)(F)F)cc(C(F)(F)F)c1. The van der Waals surface area contributed by atoms with Crippen molar-refractivity contribution in [1.29, 1.82) is 0 Å². The first-order valence-electron chi connectivity index (χ1n) is 11.4. The lowest BCUT2D eigenvalue weighted by Crippen LogP contribution is -2.38. The monoisotopic (exact) mass is 537 g/mol. The predicted molar refractivity (Wildman–Crippen MR) is 125 cm³/mol. The van der Waals surface area contributed by atoms with Gasteiger partial charge in [0.2, 0.25) is 0 Å². The van der Waals surface area contributed by atoms with Gasteiger partial charge < -0.3 is 9.32 Å². The van der Waals surface area contributed by atoms with Crippen LogP contribution >= 0.6 is 0 Å². The third-order valence-electron chi connectivity index (χ3n) is 6.08. The second-order valence-electron chi connectivity index (χ2n) is 8.58. The average molecular weight is 537 g/mol. The first-order valence-corrected chi connectivity index (χ1v) is 11.4. The number of carbonyl (C=O) groups is 1. The maximum Gasteiger partial charge on any atom is 0.416 e. The van der Waals surface area contributed by atoms with E-state index >= 15 is 0 Å². The number of hydrogen-bond donors (Lipinski definition) is 0. The summed E-state index contributed by atoms with van der Waals surface area (Å²) in [5.74, 6) is -0.781. The van der Waals surface area contributed by atoms with E-state index in [1.807, 2.05) is 0 Å². The van der Waals surface area contributed by atoms with Gasteiger partial charge in [0.25, 0.3) is 11.5 Å². The molecule has 0 N–H and O–H groups in total. The standard InChI is InChI=1S/C26H21F6N3O3/c1-3-21(22-33-20-9-5-4-8-19(20)24(37)34(22)2)35(14-18-7-6-10-38-18)23(36)15-11-16(25(27,28)29)13-17(12-15)26(30,31)32/h4-13,21H,3,14H2,1-2H3. The Kier molecular flexibility index (Phi) is 7.09. The largest absolute Gasteiger partial charge is 0.467 e. The van der Waals surface area contributed by atoms with Gasteiger partial charge in [0.1, 0.15) is 11.6 Å². The molecule has 2 heterocycles. The van der Waals surface area contributed by atoms with Crippen molar-refractivity contribution < 1.29 is 35.6 Å². The zero-order valence-corrected chi connectivity index (χ0v) is 20.1. The van der Waals surface area contributed by atoms with Crippen LogP contribution in [0.15, 0.2) is 70.1 Å². The molecular weight excluding hydrogens is 516 g/mol. The fraction of sp³-hybridized carbons (Fsp3) is 0.269. The zero-order valence-electron chi connectivity index (χ0n) is 20.1. The Balaban J connectivity index is 1.90. The van der Waals surface area contributed by atoms with E-state index in [1.165, 1.54) is 30.0 Å². The molecule has 0 spiro atoms. The Morgan fingerprint density at radius 1 is 1.00 bits per heavy atom. The summed E-state index contributed by atoms with van der Waals surface area (Å²) < 4.78 is 87.4. The van der Waals surface area contributed by atoms with Gasteiger partial charge >= 0.3 is 12.4 Å². The molecular formula is C26H21F6N3O3. The van der Waals surface area contributed by atoms with Crippen molar-refractivity contribution >= 4 is 16.8 Å². The predicted octanol–water partition coefficient (Wildman–Crippen LogP) is 6.36. The van der Waals surface area contributed by atoms with E-state index in [9.17, 15) is 35.9 Å². The molecule has 200 valence electrons. The van der Waals surface area contributed by atoms with Gasteiger partial charge in [0, 0.05) is 12.6 Å². The first kappa shape index (κ1) is 27.0. The maximum atomic E-state index is 13.7. The molecule has 6 nitrogen and oxygen atoms in total. The van der Waals surface area contributed by atoms with Crippen LogP contribution in [-0.2, 0) is 25.9 Å². The molecule has 1 unspecified atom stereocenters. The molecule has 0 aliphatic rings. The summed E-state index contributed by atoms with van der Waals surface area (Å²) in [7, 11) is 1.43. The van der Waals surface area contributed by atoms with E-state index in [0.29, 0.717) is 23.0 Å². The topological polar surface area (TPSA) is 68.3 Å². The molecule has 38 heavy (non-hydrogen) atoms. The molecule has 0 aliphatic carbocycles. The highest BCUT2D eigenvalue weighted by atomic mass is 19.4. The molecule has 0 aliphatic heterocycles. The molecule has 0 saturated carbocycles. The van der Waals surface area contributed by atoms with Gasteiger partial charge in [-0.25, -0.2) is 4.98 Å². The lowest BCUT2D eigenvalue weighted by molar-refractivity contribution is -0.143. The third kappa shape index (κ3) is 5.29. The van der Waals surface area contributed by atoms with Crippen molar-refractivity contribution in [3.8, 4) is 0 Å². The number of carbonyl (C=O) groups excluding carboxylic acids is 1. The molecule has 0 saturated heterocycles. The quantitative estimate of drug-likeness (QED) is 0.269. The summed E-state index contributed by atoms with van der Waals surface area (Å²) in [6.45, 7) is 1.35. The number of hydrogen-bond acceptors (Lipinski definition) is 4. The summed E-state index contributed by atoms with van der Waals surface area (Å²) in [6, 6.07) is 9.23. The number of para-hydroxylation sites is 1. The highest BCUT2D eigenvalue weighted by Crippen LogP contribution is 2.37. The van der Waals surface area contributed by atoms with Gasteiger partial charge in [-0.1, -0.05) is 19.1 Å². The van der Waals surface area contributed by atoms with Gasteiger partial charge in [-0.3, -0.25) is 14.2 Å². The van der Waals surface area contributed by atoms with Crippen molar-refractivity contribution in [3.63, 3.8) is 0 Å². The average Bonchev–Trinajstić information content (AvgIpc) is 3.38. The lowest BCUT2D eigenvalue weighted by atomic mass is 10.0. The smallest absolute Gasteiger partial charge is 0.416 e. The van der Waals surface area contributed by atoms with Gasteiger partial charge in [-0.2, -0.15) is 26.3 Å². The highest BCUT2D eigenvalue weighted by molar-refractivity contribution is 5.95. The lowest BCUT2D eigenvalue weighted by Gasteiger charge is -2.31. The minimum Gasteiger partial charge on any atom is -0.467 e. The molecule has 12 heteroatoms. The molecule has 4 rings (SSSR count). The molecule has 0 fully saturated rings. The molecule has 0 bridgehead atoms. The third-order valence-corrected chi connectivity index (χ3v) is 6.08. The summed E-state index contributed by atoms with van der Waals surface area (Å²) in [4.78, 5) is 32.3. The minimum absolute atomic E-state index is 0.0421. The van der Waals surface area contributed by atoms with E-state index in [2.05, 4.69) is 4.98 Å². The van der Waals surface area contributed by atoms with E-state index in [1.54, 1.807) is 31.2 Å². The number of fused-ring (bicyclic) bond motifs is 1. The Hall–Kier alpha value is -4.09. The minimum atomic E-state index is -5.13. The van der Waals surface area contributed by atoms with Crippen LogP contribution < -0.4 is 5.56 Å². The summed E-state index contributed by atoms with van der Waals surface area (Å²) in [5.41, 5.74) is -4.14. The van der Waals surface area contributed by atoms with Crippen molar-refractivity contribution in [2.75, 3.05) is 0 Å². The number of amides is 1. The van der Waals surface area contributed by atoms with Crippen LogP contribution in [0.5, 0.6) is 0 Å². The zero-order chi connectivity index (χ0) is 27.8. The highest BCUT2D eigenvalue weighted by Gasteiger charge is 2.39. The molecule has 1 atom stereocenters. The fourth-order valence-corrected chi connectivity index (χ4v) is 4.21. The van der Waals surface area contributed by atoms with E-state index in [-0.39, 0.29) is 30.6 Å². The number of nitrogens with zero attached hydrogens (tertiary/aromatic N) is 3. The second-order valence-corrected chi connectivity index (χ2v) is 8.58. The number of rotatable bonds is 6. The molecule has 0 radical (unpaired) electrons. The Labute approximate surface area is 212 Å². The van der Waals surface area contributed by atoms with Crippen molar-refractivity contribution in [3.05, 3.63) is 99.5 Å². The van der Waals surface area contributed by atoms with Gasteiger partial charge in [-0.15, -0.1) is 0 Å². The van der Waals surface area contributed by atoms with Crippen LogP contribution in [0, 0.1) is 0 Å². The van der Waals surface area contributed by atoms with Crippen LogP contribution in [0.2, 0.25) is 0 Å². The summed E-state index contributed by atoms with van der Waals surface area (Å²) in [6.07, 6.45) is -8.81. The van der Waals surface area contributed by atoms with Crippen LogP contribution in [0.1, 0.15) is 52.5 Å². The number of alkyl halides is 6. The van der Waals surface area contributed by atoms with Gasteiger partial charge in [0.15, 0.2) is 0 Å². The van der Waals surface area contributed by atoms with E-state index < -0.39 is 46.6 Å². The maximum absolute atomic E-state index is 13.7. The van der Waals surface area contributed by atoms with E-state index in [4.69, 9.17) is 4.42 Å². The van der Waals surface area contributed by atoms with Crippen LogP contribution in [0.25, 0.3) is 10.9 Å². The second kappa shape index (κ2) is 9.99. The van der Waals surface area contributed by atoms with Crippen LogP contribution in [0.3, 0.4) is 0 Å². The van der Waals surface area contributed by atoms with Crippen LogP contribution in [-0.4, -0.2) is 20.4 Å². The fourth-order valence-electron chi connectivity index (χ4n) is 4.21. The Morgan fingerprint density at radius 2 is 1.63 bits per heavy atom. The number of aromatic nitrogens is 2. The van der Waals surface area contributed by atoms with E-state index in [0.717, 1.165) is 4.90 Å². The van der Waals surface area contributed by atoms with Crippen molar-refractivity contribution in [1.82, 2.24) is 14.5 Å². The summed E-state index contributed by atoms with van der Waals surface area (Å²) in [5, 5.41) is 0.310. The van der Waals surface area contributed by atoms with Crippen molar-refractivity contribution in [2.24, 2.45) is 7.05 Å². The number of halogens is 6. The Morgan fingerprint density at radius 3 is 2.18 bits per heavy atom. The first-order chi connectivity index (χ1) is 17.8. The summed E-state index contributed by atoms with van der Waals surface area (Å²) >= 11 is 0. The van der Waals surface area contributed by atoms with Gasteiger partial charge in [-0.05, 0) is 48.9 Å². The molecule has 2 aromatic carbocycles. The van der Waals surface area contributed by atoms with Crippen LogP contribution in [0.4, 0.5) is 26.3 Å². The Bertz CT molecular complexity index is 1490. The normalized spacial score (nSPS) is 13.1. The van der Waals surface area contributed by atoms with Crippen molar-refractivity contribution in [2.45, 2.75) is 38.3 Å². The number of furan rings is 1.